The van der Waals surface area contributed by atoms with E-state index in [4.69, 9.17) is 9.84 Å². The largest absolute Gasteiger partial charge is 0.484 e. The number of rotatable bonds is 4. The van der Waals surface area contributed by atoms with Crippen LogP contribution in [0.3, 0.4) is 0 Å². The number of likely N-dealkylation sites (tertiary alicyclic amines) is 1. The van der Waals surface area contributed by atoms with Crippen LogP contribution in [-0.4, -0.2) is 41.7 Å². The van der Waals surface area contributed by atoms with Crippen molar-refractivity contribution in [3.05, 3.63) is 29.8 Å². The van der Waals surface area contributed by atoms with E-state index >= 15 is 0 Å². The molecular formula is C14H19NO3. The molecule has 1 N–H and O–H groups in total. The van der Waals surface area contributed by atoms with E-state index in [1.165, 1.54) is 0 Å². The lowest BCUT2D eigenvalue weighted by atomic mass is 10.2. The minimum Gasteiger partial charge on any atom is -0.484 e. The first-order valence-corrected chi connectivity index (χ1v) is 6.30. The van der Waals surface area contributed by atoms with Crippen LogP contribution in [0.2, 0.25) is 0 Å². The van der Waals surface area contributed by atoms with Gasteiger partial charge in [-0.25, -0.2) is 0 Å². The molecule has 2 rings (SSSR count). The van der Waals surface area contributed by atoms with Crippen LogP contribution in [0.15, 0.2) is 24.3 Å². The summed E-state index contributed by atoms with van der Waals surface area (Å²) in [5, 5.41) is 9.17. The van der Waals surface area contributed by atoms with E-state index in [2.05, 4.69) is 0 Å². The van der Waals surface area contributed by atoms with Gasteiger partial charge < -0.3 is 14.7 Å². The van der Waals surface area contributed by atoms with E-state index < -0.39 is 0 Å². The van der Waals surface area contributed by atoms with Crippen molar-refractivity contribution in [2.45, 2.75) is 25.8 Å². The van der Waals surface area contributed by atoms with Gasteiger partial charge in [-0.15, -0.1) is 0 Å². The van der Waals surface area contributed by atoms with E-state index in [1.807, 2.05) is 31.2 Å². The number of amides is 1. The van der Waals surface area contributed by atoms with Crippen LogP contribution in [0, 0.1) is 6.92 Å². The lowest BCUT2D eigenvalue weighted by Crippen LogP contribution is -2.40. The summed E-state index contributed by atoms with van der Waals surface area (Å²) < 4.78 is 5.46. The zero-order valence-electron chi connectivity index (χ0n) is 10.6. The normalized spacial score (nSPS) is 19.0. The van der Waals surface area contributed by atoms with Crippen LogP contribution < -0.4 is 4.74 Å². The van der Waals surface area contributed by atoms with Crippen molar-refractivity contribution in [2.24, 2.45) is 0 Å². The molecule has 0 saturated carbocycles. The molecule has 98 valence electrons. The molecule has 1 atom stereocenters. The molecule has 4 heteroatoms. The van der Waals surface area contributed by atoms with Crippen molar-refractivity contribution in [2.75, 3.05) is 19.8 Å². The molecule has 0 unspecified atom stereocenters. The monoisotopic (exact) mass is 249 g/mol. The second kappa shape index (κ2) is 5.87. The smallest absolute Gasteiger partial charge is 0.260 e. The molecule has 1 saturated heterocycles. The summed E-state index contributed by atoms with van der Waals surface area (Å²) in [6.07, 6.45) is 1.84. The van der Waals surface area contributed by atoms with Crippen LogP contribution in [0.5, 0.6) is 5.75 Å². The number of hydrogen-bond acceptors (Lipinski definition) is 3. The highest BCUT2D eigenvalue weighted by atomic mass is 16.5. The lowest BCUT2D eigenvalue weighted by Gasteiger charge is -2.22. The quantitative estimate of drug-likeness (QED) is 0.876. The molecule has 0 bridgehead atoms. The molecule has 0 radical (unpaired) electrons. The van der Waals surface area contributed by atoms with Gasteiger partial charge in [0.05, 0.1) is 12.6 Å². The van der Waals surface area contributed by atoms with Gasteiger partial charge in [0.2, 0.25) is 0 Å². The van der Waals surface area contributed by atoms with Gasteiger partial charge in [-0.3, -0.25) is 4.79 Å². The van der Waals surface area contributed by atoms with E-state index in [-0.39, 0.29) is 25.2 Å². The molecule has 1 aromatic rings. The highest BCUT2D eigenvalue weighted by molar-refractivity contribution is 5.78. The molecule has 1 amide bonds. The van der Waals surface area contributed by atoms with Crippen molar-refractivity contribution in [1.29, 1.82) is 0 Å². The number of ether oxygens (including phenoxy) is 1. The van der Waals surface area contributed by atoms with Gasteiger partial charge >= 0.3 is 0 Å². The fraction of sp³-hybridized carbons (Fsp3) is 0.500. The third kappa shape index (κ3) is 3.01. The Hall–Kier alpha value is -1.55. The molecule has 18 heavy (non-hydrogen) atoms. The first-order chi connectivity index (χ1) is 8.70. The van der Waals surface area contributed by atoms with Crippen molar-refractivity contribution >= 4 is 5.91 Å². The predicted molar refractivity (Wildman–Crippen MR) is 68.5 cm³/mol. The highest BCUT2D eigenvalue weighted by Crippen LogP contribution is 2.17. The molecule has 1 fully saturated rings. The Morgan fingerprint density at radius 2 is 2.17 bits per heavy atom. The van der Waals surface area contributed by atoms with Gasteiger partial charge in [0.15, 0.2) is 6.61 Å². The standard InChI is InChI=1S/C14H19NO3/c1-11-4-6-13(7-5-11)18-10-14(17)15-8-2-3-12(15)9-16/h4-7,12,16H,2-3,8-10H2,1H3/t12-/m0/s1. The van der Waals surface area contributed by atoms with E-state index in [1.54, 1.807) is 4.90 Å². The minimum absolute atomic E-state index is 0.0286. The Labute approximate surface area is 107 Å². The molecule has 4 nitrogen and oxygen atoms in total. The summed E-state index contributed by atoms with van der Waals surface area (Å²) in [6, 6.07) is 7.59. The highest BCUT2D eigenvalue weighted by Gasteiger charge is 2.27. The van der Waals surface area contributed by atoms with E-state index in [0.717, 1.165) is 24.9 Å². The van der Waals surface area contributed by atoms with Crippen molar-refractivity contribution < 1.29 is 14.6 Å². The number of hydrogen-bond donors (Lipinski definition) is 1. The van der Waals surface area contributed by atoms with Crippen LogP contribution in [0.1, 0.15) is 18.4 Å². The SMILES string of the molecule is Cc1ccc(OCC(=O)N2CCC[C@H]2CO)cc1. The Kier molecular flexibility index (Phi) is 4.20. The first kappa shape index (κ1) is 12.9. The number of aliphatic hydroxyl groups excluding tert-OH is 1. The zero-order chi connectivity index (χ0) is 13.0. The van der Waals surface area contributed by atoms with E-state index in [0.29, 0.717) is 5.75 Å². The van der Waals surface area contributed by atoms with Gasteiger partial charge in [0, 0.05) is 6.54 Å². The summed E-state index contributed by atoms with van der Waals surface area (Å²) in [7, 11) is 0. The third-order valence-electron chi connectivity index (χ3n) is 3.29. The summed E-state index contributed by atoms with van der Waals surface area (Å²) in [5.41, 5.74) is 1.16. The number of aliphatic hydroxyl groups is 1. The fourth-order valence-electron chi connectivity index (χ4n) is 2.22. The maximum absolute atomic E-state index is 11.9. The molecule has 1 aliphatic rings. The molecule has 1 heterocycles. The van der Waals surface area contributed by atoms with Crippen LogP contribution >= 0.6 is 0 Å². The number of carbonyl (C=O) groups is 1. The predicted octanol–water partition coefficient (Wildman–Crippen LogP) is 1.36. The lowest BCUT2D eigenvalue weighted by molar-refractivity contribution is -0.134. The molecule has 0 aromatic heterocycles. The Morgan fingerprint density at radius 1 is 1.44 bits per heavy atom. The number of nitrogens with zero attached hydrogens (tertiary/aromatic N) is 1. The molecule has 0 spiro atoms. The second-order valence-corrected chi connectivity index (χ2v) is 4.67. The Morgan fingerprint density at radius 3 is 2.83 bits per heavy atom. The minimum atomic E-state index is -0.0490. The molecule has 0 aliphatic carbocycles. The maximum Gasteiger partial charge on any atom is 0.260 e. The van der Waals surface area contributed by atoms with Gasteiger partial charge in [0.1, 0.15) is 5.75 Å². The van der Waals surface area contributed by atoms with Crippen molar-refractivity contribution in [3.63, 3.8) is 0 Å². The second-order valence-electron chi connectivity index (χ2n) is 4.67. The third-order valence-corrected chi connectivity index (χ3v) is 3.29. The zero-order valence-corrected chi connectivity index (χ0v) is 10.6. The van der Waals surface area contributed by atoms with Crippen LogP contribution in [-0.2, 0) is 4.79 Å². The van der Waals surface area contributed by atoms with Crippen LogP contribution in [0.4, 0.5) is 0 Å². The molecule has 1 aromatic carbocycles. The Balaban J connectivity index is 1.86. The van der Waals surface area contributed by atoms with Gasteiger partial charge in [0.25, 0.3) is 5.91 Å². The number of benzene rings is 1. The summed E-state index contributed by atoms with van der Waals surface area (Å²) >= 11 is 0. The molecular weight excluding hydrogens is 230 g/mol. The average Bonchev–Trinajstić information content (AvgIpc) is 2.86. The topological polar surface area (TPSA) is 49.8 Å². The summed E-state index contributed by atoms with van der Waals surface area (Å²) in [6.45, 7) is 2.81. The molecule has 1 aliphatic heterocycles. The first-order valence-electron chi connectivity index (χ1n) is 6.30. The van der Waals surface area contributed by atoms with E-state index in [9.17, 15) is 4.79 Å². The van der Waals surface area contributed by atoms with Gasteiger partial charge in [-0.1, -0.05) is 17.7 Å². The number of carbonyl (C=O) groups excluding carboxylic acids is 1. The van der Waals surface area contributed by atoms with Gasteiger partial charge in [-0.05, 0) is 31.9 Å². The summed E-state index contributed by atoms with van der Waals surface area (Å²) in [4.78, 5) is 13.7. The average molecular weight is 249 g/mol. The summed E-state index contributed by atoms with van der Waals surface area (Å²) in [5.74, 6) is 0.654. The van der Waals surface area contributed by atoms with Gasteiger partial charge in [-0.2, -0.15) is 0 Å². The maximum atomic E-state index is 11.9. The number of aryl methyl sites for hydroxylation is 1. The van der Waals surface area contributed by atoms with Crippen molar-refractivity contribution in [1.82, 2.24) is 4.90 Å². The Bertz CT molecular complexity index is 402. The fourth-order valence-corrected chi connectivity index (χ4v) is 2.22. The van der Waals surface area contributed by atoms with Crippen LogP contribution in [0.25, 0.3) is 0 Å². The van der Waals surface area contributed by atoms with Crippen molar-refractivity contribution in [3.8, 4) is 5.75 Å².